The summed E-state index contributed by atoms with van der Waals surface area (Å²) in [5.41, 5.74) is 2.47. The van der Waals surface area contributed by atoms with E-state index >= 15 is 0 Å². The number of carbonyl (C=O) groups excluding carboxylic acids is 2. The molecule has 42 heteroatoms. The molecule has 9 atom stereocenters. The van der Waals surface area contributed by atoms with E-state index in [1.807, 2.05) is 164 Å². The highest BCUT2D eigenvalue weighted by Gasteiger charge is 2.51. The van der Waals surface area contributed by atoms with Crippen LogP contribution in [0, 0.1) is 11.3 Å². The van der Waals surface area contributed by atoms with E-state index in [1.165, 1.54) is 38.4 Å². The summed E-state index contributed by atoms with van der Waals surface area (Å²) in [6.07, 6.45) is -6.53. The van der Waals surface area contributed by atoms with Gasteiger partial charge < -0.3 is 102 Å². The van der Waals surface area contributed by atoms with Gasteiger partial charge in [-0.1, -0.05) is 109 Å². The quantitative estimate of drug-likeness (QED) is 0.0111. The summed E-state index contributed by atoms with van der Waals surface area (Å²) < 4.78 is 119. The Morgan fingerprint density at radius 3 is 1.20 bits per heavy atom. The smallest absolute Gasteiger partial charge is 0.351 e. The van der Waals surface area contributed by atoms with Crippen molar-refractivity contribution in [1.82, 2.24) is 43.4 Å². The van der Waals surface area contributed by atoms with Crippen molar-refractivity contribution in [3.05, 3.63) is 237 Å². The number of likely N-dealkylation sites (N-methyl/N-ethyl adjacent to an activating group) is 2. The second-order valence-electron chi connectivity index (χ2n) is 32.3. The standard InChI is InChI=1S/C37H40N4O10S2.C21H19ClO2.C16H22N4O8S2.C9H18ClN2OP.2C5H11NO/c1-24(42)38-31-17-18-41(35(44)39-31)34-33(51-36(52)40-19-21-53(45,46)22-20-40)32(43)30(50-34)23-49-37(25-7-5-4-6-8-25,26-9-13-28(47-2)14-10-26)27-11-15-29(48-3)16-12-27;1-23-19-12-8-17(9-13-19)21(22,16-6-4-3-5-7-16)18-10-14-20(24-2)15-11-18;1-9(22)17-11-2-3-20(15(24)18-11)14-13(12(23)10(8-21)27-14)28-16(29)19-4-6-30(25,26)7-5-19;1-8(2)12(9(3)4)14(10)13-7-5-6-11;2*1-6-2-4-7-5-3-6/h4-18,30,32-34,43H,19-23H2,1-3H3,(H,38,39,42,44);3-15H,1-2H3;2-3,10,12-14,21,23H,4-8H2,1H3,(H,17,18,22,24);8-9H,5,7H2,1-4H3;2*2-5H2,1H3/t30-,32?,33+,34-;;10-,12?,13+,14-;;;/m1.1.../s1. The zero-order valence-electron chi connectivity index (χ0n) is 77.6. The molecule has 0 bridgehead atoms. The zero-order chi connectivity index (χ0) is 98.2. The number of rotatable bonds is 26. The number of ether oxygens (including phenoxy) is 11. The molecule has 3 unspecified atom stereocenters. The van der Waals surface area contributed by atoms with Gasteiger partial charge in [0.05, 0.1) is 110 Å². The van der Waals surface area contributed by atoms with Gasteiger partial charge in [0.15, 0.2) is 44.3 Å². The van der Waals surface area contributed by atoms with Crippen molar-refractivity contribution in [3.63, 3.8) is 0 Å². The normalized spacial score (nSPS) is 20.6. The van der Waals surface area contributed by atoms with Crippen LogP contribution in [0.15, 0.2) is 192 Å². The zero-order valence-corrected chi connectivity index (χ0v) is 83.2. The maximum Gasteiger partial charge on any atom is 0.351 e. The highest BCUT2D eigenvalue weighted by atomic mass is 35.7. The lowest BCUT2D eigenvalue weighted by molar-refractivity contribution is -0.115. The number of aliphatic hydroxyl groups excluding tert-OH is 3. The summed E-state index contributed by atoms with van der Waals surface area (Å²) in [5, 5.41) is 45.0. The van der Waals surface area contributed by atoms with Crippen molar-refractivity contribution in [3.8, 4) is 29.1 Å². The molecule has 6 saturated heterocycles. The molecule has 14 rings (SSSR count). The number of nitriles is 1. The van der Waals surface area contributed by atoms with E-state index in [4.69, 9.17) is 109 Å². The van der Waals surface area contributed by atoms with Crippen molar-refractivity contribution in [2.75, 3.05) is 175 Å². The van der Waals surface area contributed by atoms with E-state index < -0.39 is 117 Å². The molecule has 6 aromatic carbocycles. The number of nitrogens with one attached hydrogen (secondary N) is 2. The highest BCUT2D eigenvalue weighted by molar-refractivity contribution is 7.91. The summed E-state index contributed by atoms with van der Waals surface area (Å²) in [4.78, 5) is 63.1. The number of nitrogens with zero attached hydrogens (tertiary/aromatic N) is 10. The minimum Gasteiger partial charge on any atom is -0.497 e. The summed E-state index contributed by atoms with van der Waals surface area (Å²) in [7, 11) is 3.30. The average Bonchev–Trinajstić information content (AvgIpc) is 1.39. The summed E-state index contributed by atoms with van der Waals surface area (Å²) in [6.45, 7) is 19.2. The Balaban J connectivity index is 0.000000209. The van der Waals surface area contributed by atoms with Crippen LogP contribution in [0.4, 0.5) is 11.6 Å². The number of anilines is 2. The van der Waals surface area contributed by atoms with Crippen molar-refractivity contribution in [2.45, 2.75) is 120 Å². The molecule has 734 valence electrons. The predicted octanol–water partition coefficient (Wildman–Crippen LogP) is 9.37. The van der Waals surface area contributed by atoms with Crippen LogP contribution in [0.2, 0.25) is 0 Å². The molecular weight excluding hydrogens is 1880 g/mol. The topological polar surface area (TPSA) is 408 Å². The molecule has 5 N–H and O–H groups in total. The van der Waals surface area contributed by atoms with Crippen LogP contribution in [0.3, 0.4) is 0 Å². The van der Waals surface area contributed by atoms with Crippen LogP contribution in [0.5, 0.6) is 23.0 Å². The first-order valence-corrected chi connectivity index (χ1v) is 50.6. The average molecular weight is 2010 g/mol. The first-order chi connectivity index (χ1) is 64.5. The lowest BCUT2D eigenvalue weighted by atomic mass is 9.80. The van der Waals surface area contributed by atoms with Gasteiger partial charge in [-0.25, -0.2) is 31.1 Å². The fourth-order valence-electron chi connectivity index (χ4n) is 14.9. The van der Waals surface area contributed by atoms with Crippen LogP contribution >= 0.6 is 54.9 Å². The van der Waals surface area contributed by atoms with Crippen LogP contribution in [-0.2, 0) is 77.4 Å². The van der Waals surface area contributed by atoms with Crippen molar-refractivity contribution >= 4 is 108 Å². The fourth-order valence-corrected chi connectivity index (χ4v) is 20.6. The van der Waals surface area contributed by atoms with Gasteiger partial charge in [0.2, 0.25) is 19.5 Å². The molecule has 2 aromatic heterocycles. The first kappa shape index (κ1) is 109. The molecule has 6 aliphatic rings. The van der Waals surface area contributed by atoms with Crippen LogP contribution in [0.25, 0.3) is 0 Å². The Hall–Kier alpha value is -9.48. The maximum atomic E-state index is 13.3. The number of hydrogen-bond donors (Lipinski definition) is 5. The molecule has 6 aliphatic heterocycles. The number of morpholine rings is 2. The van der Waals surface area contributed by atoms with Gasteiger partial charge in [-0.3, -0.25) is 18.7 Å². The van der Waals surface area contributed by atoms with Crippen molar-refractivity contribution in [1.29, 1.82) is 5.26 Å². The minimum atomic E-state index is -3.21. The predicted molar refractivity (Wildman–Crippen MR) is 522 cm³/mol. The van der Waals surface area contributed by atoms with Gasteiger partial charge in [0.25, 0.3) is 10.3 Å². The summed E-state index contributed by atoms with van der Waals surface area (Å²) in [5.74, 6) is 1.82. The molecule has 0 saturated carbocycles. The van der Waals surface area contributed by atoms with Gasteiger partial charge in [-0.15, -0.1) is 11.6 Å². The van der Waals surface area contributed by atoms with Gasteiger partial charge in [0.1, 0.15) is 69.5 Å². The Morgan fingerprint density at radius 2 is 0.881 bits per heavy atom. The van der Waals surface area contributed by atoms with E-state index in [0.29, 0.717) is 36.6 Å². The number of aromatic nitrogens is 4. The number of amides is 2. The second-order valence-corrected chi connectivity index (χ2v) is 40.2. The Kier molecular flexibility index (Phi) is 42.8. The Bertz CT molecular complexity index is 5340. The largest absolute Gasteiger partial charge is 0.497 e. The summed E-state index contributed by atoms with van der Waals surface area (Å²) in [6, 6.07) is 55.8. The van der Waals surface area contributed by atoms with E-state index in [2.05, 4.69) is 76.9 Å². The second kappa shape index (κ2) is 52.9. The monoisotopic (exact) mass is 2000 g/mol. The molecule has 6 fully saturated rings. The fraction of sp³-hybridized carbons (Fsp3) is 0.473. The third kappa shape index (κ3) is 31.0. The molecular formula is C93H121Cl2N12O23PS4. The van der Waals surface area contributed by atoms with Crippen LogP contribution < -0.4 is 41.0 Å². The maximum absolute atomic E-state index is 13.3. The third-order valence-electron chi connectivity index (χ3n) is 22.2. The molecule has 35 nitrogen and oxygen atoms in total. The van der Waals surface area contributed by atoms with Crippen LogP contribution in [0.1, 0.15) is 93.8 Å². The van der Waals surface area contributed by atoms with Gasteiger partial charge in [-0.2, -0.15) is 15.2 Å². The molecule has 135 heavy (non-hydrogen) atoms. The van der Waals surface area contributed by atoms with Gasteiger partial charge >= 0.3 is 11.4 Å². The number of methoxy groups -OCH3 is 4. The molecule has 0 spiro atoms. The van der Waals surface area contributed by atoms with Crippen molar-refractivity contribution in [2.24, 2.45) is 0 Å². The van der Waals surface area contributed by atoms with Gasteiger partial charge in [-0.05, 0) is 172 Å². The SMILES string of the molecule is CC(=O)Nc1ccn([C@@H]2O[C@H](CO)C(O)[C@@H]2OC(=S)N2CCS(=O)(=O)CC2)c(=O)n1.CC(C)N(C(C)C)P(Cl)OCCC#N.CN1CCOCC1.CN1CCOCC1.COc1ccc(C(Cl)(c2ccccc2)c2ccc(OC)cc2)cc1.COc1ccc(C(OC[C@H]2O[C@@H](n3ccc(NC(C)=O)nc3=O)[C@@H](OC(=S)N3CCS(=O)(=O)CC3)C2O)(c2ccccc2)c2ccc(OC)cc2)cc1. The molecule has 0 aliphatic carbocycles. The Labute approximate surface area is 810 Å². The lowest BCUT2D eigenvalue weighted by Gasteiger charge is -2.37. The molecule has 8 heterocycles. The number of sulfone groups is 2. The van der Waals surface area contributed by atoms with Crippen molar-refractivity contribution < 1.29 is 98.4 Å². The number of carbonyl (C=O) groups is 2. The first-order valence-electron chi connectivity index (χ1n) is 43.6. The minimum absolute atomic E-state index is 0.0336. The third-order valence-corrected chi connectivity index (χ3v) is 29.3. The van der Waals surface area contributed by atoms with Gasteiger partial charge in [0, 0.05) is 90.7 Å². The number of alkyl halides is 1. The summed E-state index contributed by atoms with van der Waals surface area (Å²) >= 11 is 24.2. The highest BCUT2D eigenvalue weighted by Crippen LogP contribution is 2.50. The van der Waals surface area contributed by atoms with E-state index in [-0.39, 0.29) is 77.8 Å². The number of hydrogen-bond acceptors (Lipinski definition) is 31. The number of halogens is 2. The molecule has 2 amide bonds. The molecule has 0 radical (unpaired) electrons. The van der Waals surface area contributed by atoms with E-state index in [9.17, 15) is 51.3 Å². The van der Waals surface area contributed by atoms with E-state index in [0.717, 1.165) is 107 Å². The van der Waals surface area contributed by atoms with Crippen LogP contribution in [-0.4, -0.2) is 311 Å². The van der Waals surface area contributed by atoms with E-state index in [1.54, 1.807) is 38.2 Å². The lowest BCUT2D eigenvalue weighted by Crippen LogP contribution is -2.47. The Morgan fingerprint density at radius 1 is 0.548 bits per heavy atom. The number of benzene rings is 6. The number of aliphatic hydroxyl groups is 3. The number of thiocarbonyl (C=S) groups is 2. The molecule has 8 aromatic rings.